The van der Waals surface area contributed by atoms with Crippen LogP contribution >= 0.6 is 0 Å². The first-order chi connectivity index (χ1) is 8.42. The molecule has 0 spiro atoms. The van der Waals surface area contributed by atoms with Gasteiger partial charge in [0.05, 0.1) is 24.3 Å². The third-order valence-electron chi connectivity index (χ3n) is 3.08. The van der Waals surface area contributed by atoms with Gasteiger partial charge < -0.3 is 14.7 Å². The van der Waals surface area contributed by atoms with Gasteiger partial charge in [-0.3, -0.25) is 4.79 Å². The summed E-state index contributed by atoms with van der Waals surface area (Å²) < 4.78 is 18.5. The molecule has 18 heavy (non-hydrogen) atoms. The summed E-state index contributed by atoms with van der Waals surface area (Å²) in [6.07, 6.45) is 0. The van der Waals surface area contributed by atoms with Crippen LogP contribution in [0.3, 0.4) is 0 Å². The largest absolute Gasteiger partial charge is 0.507 e. The molecule has 2 rings (SSSR count). The summed E-state index contributed by atoms with van der Waals surface area (Å²) in [6, 6.07) is 3.37. The molecule has 0 saturated carbocycles. The third-order valence-corrected chi connectivity index (χ3v) is 3.08. The summed E-state index contributed by atoms with van der Waals surface area (Å²) in [4.78, 5) is 13.9. The number of phenolic OH excluding ortho intramolecular Hbond substituents is 1. The third kappa shape index (κ3) is 2.31. The van der Waals surface area contributed by atoms with Gasteiger partial charge >= 0.3 is 0 Å². The first kappa shape index (κ1) is 12.8. The van der Waals surface area contributed by atoms with E-state index in [-0.39, 0.29) is 17.2 Å². The lowest BCUT2D eigenvalue weighted by Gasteiger charge is -2.42. The lowest BCUT2D eigenvalue weighted by molar-refractivity contribution is -0.0371. The van der Waals surface area contributed by atoms with Gasteiger partial charge in [0.2, 0.25) is 0 Å². The molecule has 4 nitrogen and oxygen atoms in total. The fourth-order valence-corrected chi connectivity index (χ4v) is 2.06. The number of phenols is 1. The van der Waals surface area contributed by atoms with Gasteiger partial charge in [-0.25, -0.2) is 4.39 Å². The second-order valence-corrected chi connectivity index (χ2v) is 4.98. The molecule has 1 heterocycles. The summed E-state index contributed by atoms with van der Waals surface area (Å²) in [6.45, 7) is 5.06. The van der Waals surface area contributed by atoms with Crippen molar-refractivity contribution in [2.24, 2.45) is 0 Å². The normalized spacial score (nSPS) is 18.7. The van der Waals surface area contributed by atoms with Crippen LogP contribution in [-0.2, 0) is 4.74 Å². The molecule has 5 heteroatoms. The van der Waals surface area contributed by atoms with Crippen LogP contribution < -0.4 is 0 Å². The molecule has 1 fully saturated rings. The van der Waals surface area contributed by atoms with Crippen LogP contribution in [-0.4, -0.2) is 41.2 Å². The van der Waals surface area contributed by atoms with Gasteiger partial charge in [-0.15, -0.1) is 0 Å². The Morgan fingerprint density at radius 1 is 1.50 bits per heavy atom. The van der Waals surface area contributed by atoms with Crippen molar-refractivity contribution in [1.82, 2.24) is 4.90 Å². The molecule has 0 aromatic heterocycles. The van der Waals surface area contributed by atoms with Crippen LogP contribution in [0.15, 0.2) is 18.2 Å². The highest BCUT2D eigenvalue weighted by Crippen LogP contribution is 2.26. The summed E-state index contributed by atoms with van der Waals surface area (Å²) in [7, 11) is 0. The van der Waals surface area contributed by atoms with Crippen molar-refractivity contribution < 1.29 is 19.0 Å². The van der Waals surface area contributed by atoms with Crippen LogP contribution in [0.2, 0.25) is 0 Å². The Hall–Kier alpha value is -1.62. The van der Waals surface area contributed by atoms with Gasteiger partial charge in [0, 0.05) is 6.54 Å². The maximum Gasteiger partial charge on any atom is 0.258 e. The van der Waals surface area contributed by atoms with Crippen LogP contribution in [0.25, 0.3) is 0 Å². The van der Waals surface area contributed by atoms with E-state index in [2.05, 4.69) is 0 Å². The molecule has 98 valence electrons. The number of carbonyl (C=O) groups is 1. The molecule has 1 amide bonds. The highest BCUT2D eigenvalue weighted by Gasteiger charge is 2.35. The molecule has 0 bridgehead atoms. The Morgan fingerprint density at radius 3 is 2.89 bits per heavy atom. The first-order valence-electron chi connectivity index (χ1n) is 5.80. The van der Waals surface area contributed by atoms with Crippen LogP contribution in [0.5, 0.6) is 5.75 Å². The number of benzene rings is 1. The van der Waals surface area contributed by atoms with E-state index in [1.54, 1.807) is 4.90 Å². The van der Waals surface area contributed by atoms with Crippen molar-refractivity contribution in [2.45, 2.75) is 19.4 Å². The van der Waals surface area contributed by atoms with Gasteiger partial charge in [-0.05, 0) is 32.0 Å². The van der Waals surface area contributed by atoms with Gasteiger partial charge in [0.15, 0.2) is 0 Å². The van der Waals surface area contributed by atoms with Gasteiger partial charge in [0.25, 0.3) is 5.91 Å². The second-order valence-electron chi connectivity index (χ2n) is 4.98. The Labute approximate surface area is 105 Å². The lowest BCUT2D eigenvalue weighted by Crippen LogP contribution is -2.55. The molecule has 0 atom stereocenters. The number of hydrogen-bond donors (Lipinski definition) is 1. The molecular formula is C13H16FNO3. The molecule has 1 aromatic carbocycles. The quantitative estimate of drug-likeness (QED) is 0.830. The highest BCUT2D eigenvalue weighted by molar-refractivity contribution is 5.97. The average molecular weight is 253 g/mol. The van der Waals surface area contributed by atoms with Crippen molar-refractivity contribution in [3.63, 3.8) is 0 Å². The number of carbonyl (C=O) groups excluding carboxylic acids is 1. The van der Waals surface area contributed by atoms with Crippen molar-refractivity contribution in [3.05, 3.63) is 29.6 Å². The SMILES string of the molecule is CC1(C)COCCN1C(=O)c1cc(F)ccc1O. The fourth-order valence-electron chi connectivity index (χ4n) is 2.06. The van der Waals surface area contributed by atoms with Crippen molar-refractivity contribution in [1.29, 1.82) is 0 Å². The smallest absolute Gasteiger partial charge is 0.258 e. The van der Waals surface area contributed by atoms with Crippen LogP contribution in [0.4, 0.5) is 4.39 Å². The van der Waals surface area contributed by atoms with Gasteiger partial charge in [0.1, 0.15) is 11.6 Å². The highest BCUT2D eigenvalue weighted by atomic mass is 19.1. The van der Waals surface area contributed by atoms with E-state index in [1.165, 1.54) is 6.07 Å². The van der Waals surface area contributed by atoms with Crippen molar-refractivity contribution in [3.8, 4) is 5.75 Å². The predicted molar refractivity (Wildman–Crippen MR) is 64.0 cm³/mol. The molecule has 0 unspecified atom stereocenters. The number of ether oxygens (including phenoxy) is 1. The standard InChI is InChI=1S/C13H16FNO3/c1-13(2)8-18-6-5-15(13)12(17)10-7-9(14)3-4-11(10)16/h3-4,7,16H,5-6,8H2,1-2H3. The van der Waals surface area contributed by atoms with Gasteiger partial charge in [-0.2, -0.15) is 0 Å². The Morgan fingerprint density at radius 2 is 2.22 bits per heavy atom. The maximum absolute atomic E-state index is 13.2. The Bertz CT molecular complexity index is 473. The molecule has 1 aromatic rings. The number of nitrogens with zero attached hydrogens (tertiary/aromatic N) is 1. The molecular weight excluding hydrogens is 237 g/mol. The number of amides is 1. The van der Waals surface area contributed by atoms with Crippen LogP contribution in [0, 0.1) is 5.82 Å². The molecule has 1 aliphatic rings. The number of rotatable bonds is 1. The first-order valence-corrected chi connectivity index (χ1v) is 5.80. The zero-order valence-electron chi connectivity index (χ0n) is 10.4. The average Bonchev–Trinajstić information content (AvgIpc) is 2.31. The van der Waals surface area contributed by atoms with Crippen molar-refractivity contribution >= 4 is 5.91 Å². The minimum Gasteiger partial charge on any atom is -0.507 e. The molecule has 0 radical (unpaired) electrons. The van der Waals surface area contributed by atoms with Crippen LogP contribution in [0.1, 0.15) is 24.2 Å². The van der Waals surface area contributed by atoms with E-state index in [0.29, 0.717) is 19.8 Å². The summed E-state index contributed by atoms with van der Waals surface area (Å²) in [5.74, 6) is -1.12. The van der Waals surface area contributed by atoms with E-state index < -0.39 is 11.4 Å². The monoisotopic (exact) mass is 253 g/mol. The maximum atomic E-state index is 13.2. The number of hydrogen-bond acceptors (Lipinski definition) is 3. The molecule has 1 saturated heterocycles. The summed E-state index contributed by atoms with van der Waals surface area (Å²) >= 11 is 0. The minimum atomic E-state index is -0.540. The van der Waals surface area contributed by atoms with E-state index in [1.807, 2.05) is 13.8 Å². The Balaban J connectivity index is 2.33. The lowest BCUT2D eigenvalue weighted by atomic mass is 10.0. The molecule has 1 N–H and O–H groups in total. The van der Waals surface area contributed by atoms with E-state index in [4.69, 9.17) is 4.74 Å². The second kappa shape index (κ2) is 4.57. The Kier molecular flexibility index (Phi) is 3.26. The zero-order valence-corrected chi connectivity index (χ0v) is 10.4. The number of morpholine rings is 1. The van der Waals surface area contributed by atoms with E-state index >= 15 is 0 Å². The fraction of sp³-hybridized carbons (Fsp3) is 0.462. The topological polar surface area (TPSA) is 49.8 Å². The predicted octanol–water partition coefficient (Wildman–Crippen LogP) is 1.78. The van der Waals surface area contributed by atoms with E-state index in [9.17, 15) is 14.3 Å². The number of aromatic hydroxyl groups is 1. The van der Waals surface area contributed by atoms with Crippen molar-refractivity contribution in [2.75, 3.05) is 19.8 Å². The summed E-state index contributed by atoms with van der Waals surface area (Å²) in [5.41, 5.74) is -0.473. The summed E-state index contributed by atoms with van der Waals surface area (Å²) in [5, 5.41) is 9.66. The minimum absolute atomic E-state index is 0.00928. The van der Waals surface area contributed by atoms with Gasteiger partial charge in [-0.1, -0.05) is 0 Å². The molecule has 0 aliphatic carbocycles. The molecule has 1 aliphatic heterocycles. The van der Waals surface area contributed by atoms with E-state index in [0.717, 1.165) is 12.1 Å². The zero-order chi connectivity index (χ0) is 13.3. The number of halogens is 1.